The van der Waals surface area contributed by atoms with Crippen LogP contribution in [-0.2, 0) is 7.05 Å². The van der Waals surface area contributed by atoms with Crippen LogP contribution >= 0.6 is 12.2 Å². The molecule has 100 valence electrons. The van der Waals surface area contributed by atoms with E-state index in [1.165, 1.54) is 6.07 Å². The molecular formula is C13H10FN5S. The number of aromatic amines is 1. The predicted molar refractivity (Wildman–Crippen MR) is 74.6 cm³/mol. The van der Waals surface area contributed by atoms with E-state index in [-0.39, 0.29) is 5.56 Å². The zero-order valence-electron chi connectivity index (χ0n) is 10.8. The Labute approximate surface area is 118 Å². The smallest absolute Gasteiger partial charge is 0.184 e. The van der Waals surface area contributed by atoms with Gasteiger partial charge in [0.25, 0.3) is 0 Å². The summed E-state index contributed by atoms with van der Waals surface area (Å²) >= 11 is 5.26. The summed E-state index contributed by atoms with van der Waals surface area (Å²) in [6, 6.07) is 6.20. The number of hydrogen-bond acceptors (Lipinski definition) is 3. The molecule has 2 heterocycles. The molecule has 3 aromatic rings. The number of benzene rings is 1. The van der Waals surface area contributed by atoms with E-state index in [0.717, 1.165) is 11.2 Å². The number of hydrogen-bond donors (Lipinski definition) is 1. The first-order chi connectivity index (χ1) is 9.52. The fourth-order valence-electron chi connectivity index (χ4n) is 2.29. The number of imidazole rings is 1. The van der Waals surface area contributed by atoms with Gasteiger partial charge in [-0.2, -0.15) is 10.4 Å². The van der Waals surface area contributed by atoms with Gasteiger partial charge in [-0.3, -0.25) is 4.57 Å². The molecule has 0 amide bonds. The lowest BCUT2D eigenvalue weighted by Crippen LogP contribution is -2.03. The SMILES string of the molecule is Cc1nn(C)c2c1[nH]c(=S)n2-c1ccc(C#N)cc1F. The van der Waals surface area contributed by atoms with Crippen LogP contribution in [0.1, 0.15) is 11.3 Å². The summed E-state index contributed by atoms with van der Waals surface area (Å²) in [6.45, 7) is 1.85. The Morgan fingerprint density at radius 3 is 2.85 bits per heavy atom. The molecule has 0 aliphatic heterocycles. The second kappa shape index (κ2) is 4.28. The van der Waals surface area contributed by atoms with Crippen LogP contribution in [0.25, 0.3) is 16.9 Å². The topological polar surface area (TPSA) is 62.3 Å². The monoisotopic (exact) mass is 287 g/mol. The molecule has 2 aromatic heterocycles. The van der Waals surface area contributed by atoms with Gasteiger partial charge in [0.2, 0.25) is 0 Å². The van der Waals surface area contributed by atoms with E-state index < -0.39 is 5.82 Å². The maximum Gasteiger partial charge on any atom is 0.184 e. The molecule has 0 saturated carbocycles. The van der Waals surface area contributed by atoms with Gasteiger partial charge in [0, 0.05) is 7.05 Å². The van der Waals surface area contributed by atoms with Crippen LogP contribution in [0.15, 0.2) is 18.2 Å². The Morgan fingerprint density at radius 1 is 1.45 bits per heavy atom. The second-order valence-electron chi connectivity index (χ2n) is 4.45. The number of halogens is 1. The molecule has 5 nitrogen and oxygen atoms in total. The van der Waals surface area contributed by atoms with E-state index >= 15 is 0 Å². The van der Waals surface area contributed by atoms with Gasteiger partial charge in [0.05, 0.1) is 23.0 Å². The van der Waals surface area contributed by atoms with Gasteiger partial charge in [0.1, 0.15) is 11.3 Å². The van der Waals surface area contributed by atoms with Crippen molar-refractivity contribution in [1.29, 1.82) is 5.26 Å². The van der Waals surface area contributed by atoms with Crippen LogP contribution in [0.2, 0.25) is 0 Å². The maximum atomic E-state index is 14.2. The Kier molecular flexibility index (Phi) is 2.69. The van der Waals surface area contributed by atoms with Crippen LogP contribution < -0.4 is 0 Å². The zero-order valence-corrected chi connectivity index (χ0v) is 11.6. The van der Waals surface area contributed by atoms with E-state index in [4.69, 9.17) is 17.5 Å². The highest BCUT2D eigenvalue weighted by atomic mass is 32.1. The molecule has 0 aliphatic rings. The lowest BCUT2D eigenvalue weighted by molar-refractivity contribution is 0.616. The van der Waals surface area contributed by atoms with E-state index in [0.29, 0.717) is 16.1 Å². The van der Waals surface area contributed by atoms with E-state index in [1.807, 2.05) is 13.0 Å². The van der Waals surface area contributed by atoms with Crippen LogP contribution in [0.4, 0.5) is 4.39 Å². The van der Waals surface area contributed by atoms with E-state index in [9.17, 15) is 4.39 Å². The van der Waals surface area contributed by atoms with Gasteiger partial charge in [0.15, 0.2) is 10.4 Å². The fraction of sp³-hybridized carbons (Fsp3) is 0.154. The summed E-state index contributed by atoms with van der Waals surface area (Å²) in [5.41, 5.74) is 2.83. The molecule has 0 radical (unpaired) electrons. The van der Waals surface area contributed by atoms with Gasteiger partial charge in [-0.15, -0.1) is 0 Å². The van der Waals surface area contributed by atoms with Crippen molar-refractivity contribution < 1.29 is 4.39 Å². The van der Waals surface area contributed by atoms with Crippen molar-refractivity contribution in [3.63, 3.8) is 0 Å². The van der Waals surface area contributed by atoms with Crippen molar-refractivity contribution in [2.45, 2.75) is 6.92 Å². The number of rotatable bonds is 1. The third kappa shape index (κ3) is 1.66. The molecule has 1 N–H and O–H groups in total. The Balaban J connectivity index is 2.38. The summed E-state index contributed by atoms with van der Waals surface area (Å²) in [4.78, 5) is 3.03. The van der Waals surface area contributed by atoms with Crippen LogP contribution in [-0.4, -0.2) is 19.3 Å². The number of nitriles is 1. The Morgan fingerprint density at radius 2 is 2.20 bits per heavy atom. The van der Waals surface area contributed by atoms with Gasteiger partial charge in [-0.25, -0.2) is 9.07 Å². The molecule has 0 spiro atoms. The summed E-state index contributed by atoms with van der Waals surface area (Å²) in [5, 5.41) is 13.1. The highest BCUT2D eigenvalue weighted by Crippen LogP contribution is 2.23. The number of nitrogens with zero attached hydrogens (tertiary/aromatic N) is 4. The van der Waals surface area contributed by atoms with E-state index in [2.05, 4.69) is 10.1 Å². The van der Waals surface area contributed by atoms with Crippen LogP contribution in [0.5, 0.6) is 0 Å². The third-order valence-corrected chi connectivity index (χ3v) is 3.44. The van der Waals surface area contributed by atoms with Crippen molar-refractivity contribution in [1.82, 2.24) is 19.3 Å². The standard InChI is InChI=1S/C13H10FN5S/c1-7-11-12(18(2)17-7)19(13(20)16-11)10-4-3-8(6-15)5-9(10)14/h3-5H,1-2H3,(H,16,20). The van der Waals surface area contributed by atoms with Crippen molar-refractivity contribution in [2.24, 2.45) is 7.05 Å². The van der Waals surface area contributed by atoms with Crippen molar-refractivity contribution in [3.8, 4) is 11.8 Å². The van der Waals surface area contributed by atoms with Crippen molar-refractivity contribution in [2.75, 3.05) is 0 Å². The first kappa shape index (κ1) is 12.6. The van der Waals surface area contributed by atoms with Crippen molar-refractivity contribution >= 4 is 23.4 Å². The Bertz CT molecular complexity index is 925. The lowest BCUT2D eigenvalue weighted by atomic mass is 10.2. The molecule has 7 heteroatoms. The summed E-state index contributed by atoms with van der Waals surface area (Å²) in [7, 11) is 1.77. The molecular weight excluding hydrogens is 277 g/mol. The van der Waals surface area contributed by atoms with Gasteiger partial charge in [-0.05, 0) is 37.3 Å². The van der Waals surface area contributed by atoms with Gasteiger partial charge in [-0.1, -0.05) is 0 Å². The largest absolute Gasteiger partial charge is 0.327 e. The molecule has 0 unspecified atom stereocenters. The number of aromatic nitrogens is 4. The lowest BCUT2D eigenvalue weighted by Gasteiger charge is -2.06. The molecule has 0 aliphatic carbocycles. The van der Waals surface area contributed by atoms with Gasteiger partial charge < -0.3 is 4.98 Å². The van der Waals surface area contributed by atoms with E-state index in [1.54, 1.807) is 28.4 Å². The minimum Gasteiger partial charge on any atom is -0.327 e. The summed E-state index contributed by atoms with van der Waals surface area (Å²) in [6.07, 6.45) is 0. The van der Waals surface area contributed by atoms with Crippen LogP contribution in [0.3, 0.4) is 0 Å². The number of H-pyrrole nitrogens is 1. The molecule has 0 saturated heterocycles. The highest BCUT2D eigenvalue weighted by Gasteiger charge is 2.16. The average molecular weight is 287 g/mol. The van der Waals surface area contributed by atoms with Gasteiger partial charge >= 0.3 is 0 Å². The predicted octanol–water partition coefficient (Wildman–Crippen LogP) is 2.74. The minimum absolute atomic E-state index is 0.269. The first-order valence-electron chi connectivity index (χ1n) is 5.87. The third-order valence-electron chi connectivity index (χ3n) is 3.16. The minimum atomic E-state index is -0.500. The molecule has 0 bridgehead atoms. The zero-order chi connectivity index (χ0) is 14.4. The summed E-state index contributed by atoms with van der Waals surface area (Å²) in [5.74, 6) is -0.500. The highest BCUT2D eigenvalue weighted by molar-refractivity contribution is 7.71. The molecule has 3 rings (SSSR count). The summed E-state index contributed by atoms with van der Waals surface area (Å²) < 4.78 is 17.8. The number of aryl methyl sites for hydroxylation is 2. The average Bonchev–Trinajstić information content (AvgIpc) is 2.88. The molecule has 0 atom stereocenters. The van der Waals surface area contributed by atoms with Crippen LogP contribution in [0, 0.1) is 28.8 Å². The Hall–Kier alpha value is -2.46. The normalized spacial score (nSPS) is 10.9. The fourth-order valence-corrected chi connectivity index (χ4v) is 2.58. The quantitative estimate of drug-likeness (QED) is 0.700. The number of nitrogens with one attached hydrogen (secondary N) is 1. The first-order valence-corrected chi connectivity index (χ1v) is 6.28. The maximum absolute atomic E-state index is 14.2. The molecule has 20 heavy (non-hydrogen) atoms. The molecule has 0 fully saturated rings. The van der Waals surface area contributed by atoms with Crippen molar-refractivity contribution in [3.05, 3.63) is 40.0 Å². The second-order valence-corrected chi connectivity index (χ2v) is 4.84. The number of fused-ring (bicyclic) bond motifs is 1. The molecule has 1 aromatic carbocycles.